The molecule has 0 saturated heterocycles. The van der Waals surface area contributed by atoms with Crippen LogP contribution in [0.1, 0.15) is 29.9 Å². The summed E-state index contributed by atoms with van der Waals surface area (Å²) in [5.41, 5.74) is 0.531. The van der Waals surface area contributed by atoms with Crippen molar-refractivity contribution in [2.24, 2.45) is 0 Å². The summed E-state index contributed by atoms with van der Waals surface area (Å²) in [4.78, 5) is 12.1. The topological polar surface area (TPSA) is 71.7 Å². The summed E-state index contributed by atoms with van der Waals surface area (Å²) < 4.78 is 49.6. The minimum absolute atomic E-state index is 0.0533. The summed E-state index contributed by atoms with van der Waals surface area (Å²) in [6.45, 7) is 3.79. The number of rotatable bonds is 6. The summed E-state index contributed by atoms with van der Waals surface area (Å²) in [5.74, 6) is -4.92. The molecule has 5 nitrogen and oxygen atoms in total. The standard InChI is InChI=1S/C26H22F3NO4/c1-26(2,13-34-3)24-21(15-6-4-5-7-16(15)25(32)33)22-20(11-10-18(28)23(22)31)30(24)14-8-9-17(27)19(29)12-14/h4-12,31H,13H2,1-3H3,(H,32,33). The summed E-state index contributed by atoms with van der Waals surface area (Å²) in [6, 6.07) is 11.9. The van der Waals surface area contributed by atoms with Gasteiger partial charge in [0.15, 0.2) is 23.2 Å². The molecule has 0 fully saturated rings. The quantitative estimate of drug-likeness (QED) is 0.361. The molecule has 4 aromatic rings. The normalized spacial score (nSPS) is 11.8. The number of hydrogen-bond acceptors (Lipinski definition) is 3. The predicted molar refractivity (Wildman–Crippen MR) is 122 cm³/mol. The maximum atomic E-state index is 14.6. The van der Waals surface area contributed by atoms with Gasteiger partial charge in [0.25, 0.3) is 0 Å². The number of carbonyl (C=O) groups is 1. The Labute approximate surface area is 193 Å². The van der Waals surface area contributed by atoms with Crippen molar-refractivity contribution in [2.45, 2.75) is 19.3 Å². The van der Waals surface area contributed by atoms with Gasteiger partial charge < -0.3 is 19.5 Å². The second-order valence-electron chi connectivity index (χ2n) is 8.62. The minimum atomic E-state index is -1.21. The lowest BCUT2D eigenvalue weighted by Gasteiger charge is -2.28. The van der Waals surface area contributed by atoms with Crippen molar-refractivity contribution in [3.05, 3.63) is 83.3 Å². The SMILES string of the molecule is COCC(C)(C)c1c(-c2ccccc2C(=O)O)c2c(O)c(F)ccc2n1-c1ccc(F)c(F)c1. The van der Waals surface area contributed by atoms with Crippen molar-refractivity contribution in [3.63, 3.8) is 0 Å². The zero-order valence-electron chi connectivity index (χ0n) is 18.7. The van der Waals surface area contributed by atoms with Gasteiger partial charge in [0.1, 0.15) is 0 Å². The first-order chi connectivity index (χ1) is 16.1. The Morgan fingerprint density at radius 3 is 2.32 bits per heavy atom. The molecular formula is C26H22F3NO4. The number of phenols is 1. The molecule has 0 spiro atoms. The molecule has 2 N–H and O–H groups in total. The number of phenolic OH excluding ortho intramolecular Hbond substituents is 1. The molecule has 0 saturated carbocycles. The summed E-state index contributed by atoms with van der Waals surface area (Å²) in [6.07, 6.45) is 0. The zero-order chi connectivity index (χ0) is 24.8. The second kappa shape index (κ2) is 8.53. The number of carboxylic acid groups (broad SMARTS) is 1. The van der Waals surface area contributed by atoms with Gasteiger partial charge in [0.05, 0.1) is 23.1 Å². The number of hydrogen-bond donors (Lipinski definition) is 2. The molecule has 0 aliphatic heterocycles. The molecule has 1 aromatic heterocycles. The largest absolute Gasteiger partial charge is 0.504 e. The van der Waals surface area contributed by atoms with Crippen LogP contribution in [0.3, 0.4) is 0 Å². The Morgan fingerprint density at radius 2 is 1.68 bits per heavy atom. The number of benzene rings is 3. The van der Waals surface area contributed by atoms with Gasteiger partial charge in [-0.2, -0.15) is 0 Å². The Morgan fingerprint density at radius 1 is 1.00 bits per heavy atom. The maximum absolute atomic E-state index is 14.6. The predicted octanol–water partition coefficient (Wildman–Crippen LogP) is 6.04. The van der Waals surface area contributed by atoms with E-state index in [1.165, 1.54) is 25.3 Å². The second-order valence-corrected chi connectivity index (χ2v) is 8.62. The highest BCUT2D eigenvalue weighted by atomic mass is 19.2. The molecule has 34 heavy (non-hydrogen) atoms. The van der Waals surface area contributed by atoms with Gasteiger partial charge >= 0.3 is 5.97 Å². The van der Waals surface area contributed by atoms with Crippen LogP contribution in [0.2, 0.25) is 0 Å². The van der Waals surface area contributed by atoms with Gasteiger partial charge in [-0.25, -0.2) is 18.0 Å². The number of halogens is 3. The van der Waals surface area contributed by atoms with E-state index in [-0.39, 0.29) is 34.4 Å². The van der Waals surface area contributed by atoms with Gasteiger partial charge in [-0.1, -0.05) is 32.0 Å². The summed E-state index contributed by atoms with van der Waals surface area (Å²) in [5, 5.41) is 20.7. The average molecular weight is 469 g/mol. The van der Waals surface area contributed by atoms with Crippen molar-refractivity contribution < 1.29 is 32.9 Å². The van der Waals surface area contributed by atoms with Crippen molar-refractivity contribution >= 4 is 16.9 Å². The molecule has 1 heterocycles. The molecule has 0 radical (unpaired) electrons. The molecular weight excluding hydrogens is 447 g/mol. The highest BCUT2D eigenvalue weighted by Crippen LogP contribution is 2.47. The van der Waals surface area contributed by atoms with E-state index < -0.39 is 34.6 Å². The van der Waals surface area contributed by atoms with E-state index in [1.54, 1.807) is 22.8 Å². The average Bonchev–Trinajstić information content (AvgIpc) is 3.14. The number of aromatic nitrogens is 1. The first-order valence-electron chi connectivity index (χ1n) is 10.4. The molecule has 4 rings (SSSR count). The summed E-state index contributed by atoms with van der Waals surface area (Å²) >= 11 is 0. The third-order valence-electron chi connectivity index (χ3n) is 5.79. The number of nitrogens with zero attached hydrogens (tertiary/aromatic N) is 1. The third-order valence-corrected chi connectivity index (χ3v) is 5.79. The van der Waals surface area contributed by atoms with Gasteiger partial charge in [-0.3, -0.25) is 0 Å². The van der Waals surface area contributed by atoms with Crippen LogP contribution in [0.15, 0.2) is 54.6 Å². The molecule has 0 atom stereocenters. The number of fused-ring (bicyclic) bond motifs is 1. The lowest BCUT2D eigenvalue weighted by atomic mass is 9.83. The van der Waals surface area contributed by atoms with E-state index in [2.05, 4.69) is 0 Å². The third kappa shape index (κ3) is 3.70. The Kier molecular flexibility index (Phi) is 5.87. The molecule has 0 unspecified atom stereocenters. The van der Waals surface area contributed by atoms with E-state index in [4.69, 9.17) is 4.74 Å². The smallest absolute Gasteiger partial charge is 0.336 e. The molecule has 176 valence electrons. The van der Waals surface area contributed by atoms with Gasteiger partial charge in [0.2, 0.25) is 0 Å². The fraction of sp³-hybridized carbons (Fsp3) is 0.192. The van der Waals surface area contributed by atoms with Crippen LogP contribution < -0.4 is 0 Å². The first kappa shape index (κ1) is 23.4. The van der Waals surface area contributed by atoms with Crippen molar-refractivity contribution in [1.82, 2.24) is 4.57 Å². The molecule has 0 amide bonds. The number of carboxylic acids is 1. The fourth-order valence-corrected chi connectivity index (χ4v) is 4.45. The fourth-order valence-electron chi connectivity index (χ4n) is 4.45. The van der Waals surface area contributed by atoms with E-state index in [0.717, 1.165) is 18.2 Å². The first-order valence-corrected chi connectivity index (χ1v) is 10.4. The van der Waals surface area contributed by atoms with E-state index in [9.17, 15) is 28.2 Å². The number of methoxy groups -OCH3 is 1. The molecule has 3 aromatic carbocycles. The van der Waals surface area contributed by atoms with Crippen molar-refractivity contribution in [3.8, 4) is 22.6 Å². The number of aromatic hydroxyl groups is 1. The molecule has 0 aliphatic rings. The lowest BCUT2D eigenvalue weighted by molar-refractivity contribution is 0.0697. The van der Waals surface area contributed by atoms with Crippen LogP contribution >= 0.6 is 0 Å². The van der Waals surface area contributed by atoms with E-state index in [1.807, 2.05) is 13.8 Å². The Balaban J connectivity index is 2.29. The van der Waals surface area contributed by atoms with Crippen LogP contribution in [0.25, 0.3) is 27.7 Å². The minimum Gasteiger partial charge on any atom is -0.504 e. The van der Waals surface area contributed by atoms with Crippen LogP contribution in [0, 0.1) is 17.5 Å². The summed E-state index contributed by atoms with van der Waals surface area (Å²) in [7, 11) is 1.49. The highest BCUT2D eigenvalue weighted by Gasteiger charge is 2.35. The Bertz CT molecular complexity index is 1430. The van der Waals surface area contributed by atoms with E-state index >= 15 is 0 Å². The highest BCUT2D eigenvalue weighted by molar-refractivity contribution is 6.08. The van der Waals surface area contributed by atoms with Crippen LogP contribution in [0.4, 0.5) is 13.2 Å². The van der Waals surface area contributed by atoms with Crippen LogP contribution in [-0.2, 0) is 10.2 Å². The Hall–Kier alpha value is -3.78. The maximum Gasteiger partial charge on any atom is 0.336 e. The van der Waals surface area contributed by atoms with Crippen LogP contribution in [-0.4, -0.2) is 34.5 Å². The number of aromatic carboxylic acids is 1. The molecule has 8 heteroatoms. The lowest BCUT2D eigenvalue weighted by Crippen LogP contribution is -2.27. The van der Waals surface area contributed by atoms with Gasteiger partial charge in [-0.15, -0.1) is 0 Å². The molecule has 0 bridgehead atoms. The van der Waals surface area contributed by atoms with Gasteiger partial charge in [-0.05, 0) is 35.9 Å². The number of ether oxygens (including phenoxy) is 1. The van der Waals surface area contributed by atoms with Crippen molar-refractivity contribution in [1.29, 1.82) is 0 Å². The van der Waals surface area contributed by atoms with Crippen molar-refractivity contribution in [2.75, 3.05) is 13.7 Å². The van der Waals surface area contributed by atoms with Crippen LogP contribution in [0.5, 0.6) is 5.75 Å². The van der Waals surface area contributed by atoms with Gasteiger partial charge in [0, 0.05) is 35.5 Å². The zero-order valence-corrected chi connectivity index (χ0v) is 18.7. The van der Waals surface area contributed by atoms with E-state index in [0.29, 0.717) is 11.2 Å². The molecule has 0 aliphatic carbocycles. The monoisotopic (exact) mass is 469 g/mol.